The molecule has 0 N–H and O–H groups in total. The number of ether oxygens (including phenoxy) is 3. The summed E-state index contributed by atoms with van der Waals surface area (Å²) < 4.78 is 89.5. The highest BCUT2D eigenvalue weighted by atomic mass is 19.3. The van der Waals surface area contributed by atoms with Crippen LogP contribution in [0.4, 0.5) is 22.0 Å². The van der Waals surface area contributed by atoms with Crippen molar-refractivity contribution >= 4 is 5.97 Å². The molecule has 0 saturated carbocycles. The van der Waals surface area contributed by atoms with E-state index in [1.807, 2.05) is 0 Å². The summed E-state index contributed by atoms with van der Waals surface area (Å²) in [4.78, 5) is 11.4. The van der Waals surface area contributed by atoms with Crippen LogP contribution in [0.3, 0.4) is 0 Å². The highest BCUT2D eigenvalue weighted by molar-refractivity contribution is 5.86. The van der Waals surface area contributed by atoms with Crippen LogP contribution in [0, 0.1) is 17.5 Å². The molecule has 244 valence electrons. The van der Waals surface area contributed by atoms with Gasteiger partial charge in [0.1, 0.15) is 28.8 Å². The van der Waals surface area contributed by atoms with Crippen molar-refractivity contribution in [1.82, 2.24) is 0 Å². The van der Waals surface area contributed by atoms with Crippen molar-refractivity contribution in [1.29, 1.82) is 0 Å². The first-order valence-electron chi connectivity index (χ1n) is 15.3. The molecule has 0 fully saturated rings. The van der Waals surface area contributed by atoms with Gasteiger partial charge in [-0.15, -0.1) is 0 Å². The molecule has 0 saturated heterocycles. The highest BCUT2D eigenvalue weighted by Gasteiger charge is 2.41. The lowest BCUT2D eigenvalue weighted by Gasteiger charge is -2.20. The van der Waals surface area contributed by atoms with Crippen LogP contribution in [-0.2, 0) is 33.2 Å². The maximum atomic E-state index is 15.0. The van der Waals surface area contributed by atoms with Crippen molar-refractivity contribution in [3.8, 4) is 16.9 Å². The summed E-state index contributed by atoms with van der Waals surface area (Å²) >= 11 is 0. The van der Waals surface area contributed by atoms with Gasteiger partial charge in [0.15, 0.2) is 0 Å². The number of carbonyl (C=O) groups excluding carboxylic acids is 1. The number of methoxy groups -OCH3 is 1. The number of aryl methyl sites for hydroxylation is 2. The van der Waals surface area contributed by atoms with E-state index < -0.39 is 35.1 Å². The highest BCUT2D eigenvalue weighted by Crippen LogP contribution is 2.37. The number of esters is 1. The normalized spacial score (nSPS) is 11.4. The Morgan fingerprint density at radius 2 is 1.29 bits per heavy atom. The molecule has 0 amide bonds. The first-order chi connectivity index (χ1) is 21.5. The third-order valence-electron chi connectivity index (χ3n) is 7.35. The van der Waals surface area contributed by atoms with Crippen LogP contribution < -0.4 is 4.74 Å². The van der Waals surface area contributed by atoms with Gasteiger partial charge >= 0.3 is 12.1 Å². The Bertz CT molecular complexity index is 1380. The van der Waals surface area contributed by atoms with E-state index in [1.54, 1.807) is 32.2 Å². The number of benzene rings is 3. The Kier molecular flexibility index (Phi) is 14.1. The van der Waals surface area contributed by atoms with E-state index in [9.17, 15) is 26.7 Å². The molecule has 0 radical (unpaired) electrons. The molecule has 4 nitrogen and oxygen atoms in total. The van der Waals surface area contributed by atoms with E-state index in [4.69, 9.17) is 14.2 Å². The van der Waals surface area contributed by atoms with E-state index in [2.05, 4.69) is 6.58 Å². The maximum Gasteiger partial charge on any atom is 0.432 e. The first-order valence-corrected chi connectivity index (χ1v) is 15.3. The number of hydrogen-bond donors (Lipinski definition) is 0. The molecule has 0 atom stereocenters. The summed E-state index contributed by atoms with van der Waals surface area (Å²) in [5, 5.41) is 0. The number of alkyl halides is 2. The topological polar surface area (TPSA) is 44.8 Å². The van der Waals surface area contributed by atoms with Gasteiger partial charge in [-0.25, -0.2) is 18.0 Å². The summed E-state index contributed by atoms with van der Waals surface area (Å²) in [7, 11) is 1.66. The Morgan fingerprint density at radius 1 is 0.733 bits per heavy atom. The van der Waals surface area contributed by atoms with Crippen molar-refractivity contribution in [3.63, 3.8) is 0 Å². The molecule has 0 spiro atoms. The molecule has 0 aromatic heterocycles. The largest absolute Gasteiger partial charge is 0.462 e. The third-order valence-corrected chi connectivity index (χ3v) is 7.35. The number of hydrogen-bond acceptors (Lipinski definition) is 4. The zero-order valence-corrected chi connectivity index (χ0v) is 25.9. The minimum absolute atomic E-state index is 0.110. The average Bonchev–Trinajstić information content (AvgIpc) is 2.98. The van der Waals surface area contributed by atoms with Crippen LogP contribution in [0.2, 0.25) is 0 Å². The van der Waals surface area contributed by atoms with Crippen molar-refractivity contribution < 1.29 is 41.0 Å². The summed E-state index contributed by atoms with van der Waals surface area (Å²) in [6.45, 7) is 6.13. The fraction of sp³-hybridized carbons (Fsp3) is 0.417. The molecule has 9 heteroatoms. The van der Waals surface area contributed by atoms with Gasteiger partial charge in [0.25, 0.3) is 0 Å². The zero-order chi connectivity index (χ0) is 32.8. The fourth-order valence-electron chi connectivity index (χ4n) is 4.88. The molecular weight excluding hydrogens is 591 g/mol. The molecule has 3 rings (SSSR count). The molecule has 0 aliphatic rings. The predicted molar refractivity (Wildman–Crippen MR) is 165 cm³/mol. The van der Waals surface area contributed by atoms with Crippen LogP contribution >= 0.6 is 0 Å². The average molecular weight is 633 g/mol. The minimum Gasteiger partial charge on any atom is -0.462 e. The van der Waals surface area contributed by atoms with Crippen LogP contribution in [0.5, 0.6) is 5.75 Å². The molecule has 0 aliphatic carbocycles. The molecule has 3 aromatic rings. The Labute approximate surface area is 262 Å². The Hall–Kier alpha value is -3.72. The van der Waals surface area contributed by atoms with Crippen LogP contribution in [-0.4, -0.2) is 26.3 Å². The zero-order valence-electron chi connectivity index (χ0n) is 25.9. The fourth-order valence-corrected chi connectivity index (χ4v) is 4.88. The summed E-state index contributed by atoms with van der Waals surface area (Å²) in [6.07, 6.45) is 4.13. The molecule has 0 unspecified atom stereocenters. The van der Waals surface area contributed by atoms with Gasteiger partial charge in [0.2, 0.25) is 0 Å². The van der Waals surface area contributed by atoms with Gasteiger partial charge in [-0.05, 0) is 92.5 Å². The first kappa shape index (κ1) is 35.8. The van der Waals surface area contributed by atoms with Gasteiger partial charge in [-0.1, -0.05) is 56.5 Å². The third kappa shape index (κ3) is 11.3. The summed E-state index contributed by atoms with van der Waals surface area (Å²) in [5.74, 6) is -4.46. The molecular formula is C36H41F5O4. The minimum atomic E-state index is -4.30. The maximum absolute atomic E-state index is 15.0. The number of unbranched alkanes of at least 4 members (excludes halogenated alkanes) is 6. The molecule has 0 bridgehead atoms. The second-order valence-corrected chi connectivity index (χ2v) is 11.1. The van der Waals surface area contributed by atoms with Crippen molar-refractivity contribution in [2.45, 2.75) is 77.2 Å². The number of rotatable bonds is 19. The van der Waals surface area contributed by atoms with E-state index in [-0.39, 0.29) is 16.9 Å². The van der Waals surface area contributed by atoms with Crippen molar-refractivity contribution in [2.24, 2.45) is 0 Å². The van der Waals surface area contributed by atoms with Crippen molar-refractivity contribution in [3.05, 3.63) is 101 Å². The summed E-state index contributed by atoms with van der Waals surface area (Å²) in [5.41, 5.74) is 0.117. The number of halogens is 5. The lowest BCUT2D eigenvalue weighted by atomic mass is 9.98. The van der Waals surface area contributed by atoms with Crippen molar-refractivity contribution in [2.75, 3.05) is 20.3 Å². The van der Waals surface area contributed by atoms with E-state index in [0.29, 0.717) is 42.7 Å². The lowest BCUT2D eigenvalue weighted by Crippen LogP contribution is -2.25. The van der Waals surface area contributed by atoms with Gasteiger partial charge in [0, 0.05) is 24.9 Å². The van der Waals surface area contributed by atoms with Gasteiger partial charge in [0.05, 0.1) is 6.61 Å². The monoisotopic (exact) mass is 632 g/mol. The quantitative estimate of drug-likeness (QED) is 0.0571. The van der Waals surface area contributed by atoms with Crippen LogP contribution in [0.1, 0.15) is 75.0 Å². The Balaban J connectivity index is 1.56. The van der Waals surface area contributed by atoms with E-state index in [0.717, 1.165) is 63.5 Å². The molecule has 45 heavy (non-hydrogen) atoms. The second-order valence-electron chi connectivity index (χ2n) is 11.1. The number of carbonyl (C=O) groups is 1. The van der Waals surface area contributed by atoms with Crippen LogP contribution in [0.15, 0.2) is 66.7 Å². The van der Waals surface area contributed by atoms with Gasteiger partial charge in [-0.2, -0.15) is 8.78 Å². The predicted octanol–water partition coefficient (Wildman–Crippen LogP) is 9.87. The smallest absolute Gasteiger partial charge is 0.432 e. The molecule has 0 heterocycles. The lowest BCUT2D eigenvalue weighted by molar-refractivity contribution is -0.189. The molecule has 3 aromatic carbocycles. The van der Waals surface area contributed by atoms with Crippen LogP contribution in [0.25, 0.3) is 11.1 Å². The van der Waals surface area contributed by atoms with E-state index in [1.165, 1.54) is 24.3 Å². The molecule has 0 aliphatic heterocycles. The Morgan fingerprint density at radius 3 is 1.87 bits per heavy atom. The van der Waals surface area contributed by atoms with Gasteiger partial charge < -0.3 is 14.2 Å². The second kappa shape index (κ2) is 17.7. The SMILES string of the molecule is C=C(C)C(=O)OCCCCCCc1ccc(-c2cc(F)c(C(F)(F)Oc3ccc(CCCCCCOC)cc3)c(F)c2)c(F)c1. The summed E-state index contributed by atoms with van der Waals surface area (Å²) in [6, 6.07) is 11.6. The van der Waals surface area contributed by atoms with E-state index >= 15 is 0 Å². The van der Waals surface area contributed by atoms with Gasteiger partial charge in [-0.3, -0.25) is 0 Å². The standard InChI is InChI=1S/C36H41F5O4/c1-25(2)35(42)44-21-11-7-5-9-13-27-16-19-30(31(37)22-27)28-23-32(38)34(33(39)24-28)36(40,41)45-29-17-14-26(15-18-29)12-8-4-6-10-20-43-3/h14-19,22-24H,1,4-13,20-21H2,2-3H3.